The van der Waals surface area contributed by atoms with Crippen LogP contribution >= 0.6 is 23.2 Å². The summed E-state index contributed by atoms with van der Waals surface area (Å²) in [7, 11) is 0. The van der Waals surface area contributed by atoms with Gasteiger partial charge < -0.3 is 20.3 Å². The molecule has 1 aliphatic heterocycles. The minimum atomic E-state index is -0.528. The van der Waals surface area contributed by atoms with Gasteiger partial charge in [-0.3, -0.25) is 4.79 Å². The van der Waals surface area contributed by atoms with E-state index in [0.717, 1.165) is 43.9 Å². The van der Waals surface area contributed by atoms with Crippen molar-refractivity contribution in [1.29, 1.82) is 0 Å². The number of hydrogen-bond donors (Lipinski definition) is 1. The number of rotatable bonds is 7. The van der Waals surface area contributed by atoms with Gasteiger partial charge in [0.1, 0.15) is 5.82 Å². The van der Waals surface area contributed by atoms with Gasteiger partial charge in [0.15, 0.2) is 11.6 Å². The number of ether oxygens (including phenoxy) is 1. The summed E-state index contributed by atoms with van der Waals surface area (Å²) in [5.41, 5.74) is 8.81. The number of amides is 1. The van der Waals surface area contributed by atoms with Crippen molar-refractivity contribution in [1.82, 2.24) is 14.8 Å². The van der Waals surface area contributed by atoms with Crippen LogP contribution in [0.25, 0.3) is 11.1 Å². The van der Waals surface area contributed by atoms with Gasteiger partial charge in [-0.1, -0.05) is 42.3 Å². The number of nitrogen functional groups attached to an aromatic ring is 1. The molecule has 0 spiro atoms. The van der Waals surface area contributed by atoms with Gasteiger partial charge in [0.25, 0.3) is 5.91 Å². The van der Waals surface area contributed by atoms with Crippen LogP contribution in [0.1, 0.15) is 22.8 Å². The number of nitrogens with two attached hydrogens (primary N) is 1. The Bertz CT molecular complexity index is 1200. The third-order valence-corrected chi connectivity index (χ3v) is 6.96. The molecular weight excluding hydrogens is 490 g/mol. The number of likely N-dealkylation sites (N-methyl/N-ethyl adjacent to an activating group) is 1. The Morgan fingerprint density at radius 3 is 2.49 bits per heavy atom. The molecule has 9 heteroatoms. The number of halogens is 3. The van der Waals surface area contributed by atoms with Crippen LogP contribution < -0.4 is 10.5 Å². The zero-order chi connectivity index (χ0) is 24.9. The summed E-state index contributed by atoms with van der Waals surface area (Å²) in [5, 5.41) is 0.365. The minimum Gasteiger partial charge on any atom is -0.489 e. The molecule has 0 radical (unpaired) electrons. The third-order valence-electron chi connectivity index (χ3n) is 6.20. The lowest BCUT2D eigenvalue weighted by atomic mass is 10.0. The van der Waals surface area contributed by atoms with Gasteiger partial charge in [0, 0.05) is 54.9 Å². The second kappa shape index (κ2) is 11.2. The van der Waals surface area contributed by atoms with Crippen LogP contribution in [-0.4, -0.2) is 60.0 Å². The molecule has 6 nitrogen and oxygen atoms in total. The molecule has 2 N–H and O–H groups in total. The highest BCUT2D eigenvalue weighted by molar-refractivity contribution is 6.36. The highest BCUT2D eigenvalue weighted by Crippen LogP contribution is 2.30. The Morgan fingerprint density at radius 2 is 1.80 bits per heavy atom. The summed E-state index contributed by atoms with van der Waals surface area (Å²) >= 11 is 12.2. The van der Waals surface area contributed by atoms with Crippen molar-refractivity contribution < 1.29 is 13.9 Å². The molecule has 1 saturated heterocycles. The highest BCUT2D eigenvalue weighted by atomic mass is 35.5. The number of benzene rings is 2. The minimum absolute atomic E-state index is 0.0113. The molecule has 2 heterocycles. The normalized spacial score (nSPS) is 14.2. The Balaban J connectivity index is 1.42. The third kappa shape index (κ3) is 5.86. The predicted molar refractivity (Wildman–Crippen MR) is 138 cm³/mol. The smallest absolute Gasteiger partial charge is 0.253 e. The van der Waals surface area contributed by atoms with Gasteiger partial charge in [0.05, 0.1) is 11.6 Å². The Labute approximate surface area is 214 Å². The van der Waals surface area contributed by atoms with E-state index in [-0.39, 0.29) is 23.4 Å². The van der Waals surface area contributed by atoms with Crippen molar-refractivity contribution >= 4 is 34.9 Å². The van der Waals surface area contributed by atoms with E-state index in [1.54, 1.807) is 12.3 Å². The second-order valence-electron chi connectivity index (χ2n) is 8.33. The zero-order valence-corrected chi connectivity index (χ0v) is 20.9. The van der Waals surface area contributed by atoms with E-state index >= 15 is 0 Å². The van der Waals surface area contributed by atoms with Gasteiger partial charge in [-0.05, 0) is 48.0 Å². The van der Waals surface area contributed by atoms with Gasteiger partial charge in [-0.25, -0.2) is 9.37 Å². The first kappa shape index (κ1) is 25.2. The van der Waals surface area contributed by atoms with Crippen molar-refractivity contribution in [3.63, 3.8) is 0 Å². The van der Waals surface area contributed by atoms with E-state index in [4.69, 9.17) is 33.7 Å². The van der Waals surface area contributed by atoms with Crippen LogP contribution in [0.2, 0.25) is 10.0 Å². The van der Waals surface area contributed by atoms with Crippen LogP contribution in [0.4, 0.5) is 10.2 Å². The summed E-state index contributed by atoms with van der Waals surface area (Å²) in [6, 6.07) is 11.9. The lowest BCUT2D eigenvalue weighted by Gasteiger charge is -2.34. The Kier molecular flexibility index (Phi) is 8.11. The van der Waals surface area contributed by atoms with E-state index in [2.05, 4.69) is 16.8 Å². The Morgan fingerprint density at radius 1 is 1.09 bits per heavy atom. The fourth-order valence-electron chi connectivity index (χ4n) is 4.04. The zero-order valence-electron chi connectivity index (χ0n) is 19.4. The highest BCUT2D eigenvalue weighted by Gasteiger charge is 2.21. The van der Waals surface area contributed by atoms with E-state index < -0.39 is 5.82 Å². The summed E-state index contributed by atoms with van der Waals surface area (Å²) in [6.07, 6.45) is 1.96. The molecule has 0 bridgehead atoms. The molecule has 2 aromatic carbocycles. The van der Waals surface area contributed by atoms with Crippen molar-refractivity contribution in [2.75, 3.05) is 45.1 Å². The van der Waals surface area contributed by atoms with E-state index in [0.29, 0.717) is 28.3 Å². The first-order valence-corrected chi connectivity index (χ1v) is 12.3. The van der Waals surface area contributed by atoms with Crippen molar-refractivity contribution in [3.8, 4) is 16.9 Å². The molecule has 1 fully saturated rings. The van der Waals surface area contributed by atoms with Crippen molar-refractivity contribution in [2.24, 2.45) is 0 Å². The van der Waals surface area contributed by atoms with Gasteiger partial charge in [0.2, 0.25) is 0 Å². The molecule has 0 atom stereocenters. The molecule has 1 amide bonds. The summed E-state index contributed by atoms with van der Waals surface area (Å²) < 4.78 is 19.6. The summed E-state index contributed by atoms with van der Waals surface area (Å²) in [6.45, 7) is 6.61. The number of carbonyl (C=O) groups excluding carboxylic acids is 1. The molecule has 1 aromatic heterocycles. The van der Waals surface area contributed by atoms with Gasteiger partial charge >= 0.3 is 0 Å². The summed E-state index contributed by atoms with van der Waals surface area (Å²) in [4.78, 5) is 21.3. The molecule has 1 aliphatic rings. The first-order chi connectivity index (χ1) is 16.9. The fourth-order valence-corrected chi connectivity index (χ4v) is 4.60. The van der Waals surface area contributed by atoms with Gasteiger partial charge in [-0.15, -0.1) is 0 Å². The van der Waals surface area contributed by atoms with E-state index in [9.17, 15) is 9.18 Å². The van der Waals surface area contributed by atoms with Crippen LogP contribution in [0.5, 0.6) is 5.75 Å². The fraction of sp³-hybridized carbons (Fsp3) is 0.308. The number of aromatic nitrogens is 1. The molecule has 0 unspecified atom stereocenters. The maximum absolute atomic E-state index is 13.7. The molecule has 0 aliphatic carbocycles. The number of piperazine rings is 1. The average Bonchev–Trinajstić information content (AvgIpc) is 2.89. The second-order valence-corrected chi connectivity index (χ2v) is 9.12. The average molecular weight is 517 g/mol. The van der Waals surface area contributed by atoms with Crippen LogP contribution in [0, 0.1) is 5.82 Å². The number of pyridine rings is 1. The van der Waals surface area contributed by atoms with Crippen molar-refractivity contribution in [2.45, 2.75) is 13.3 Å². The largest absolute Gasteiger partial charge is 0.489 e. The lowest BCUT2D eigenvalue weighted by molar-refractivity contribution is 0.0643. The maximum atomic E-state index is 13.7. The van der Waals surface area contributed by atoms with Crippen LogP contribution in [0.15, 0.2) is 48.7 Å². The number of hydrogen-bond acceptors (Lipinski definition) is 5. The monoisotopic (exact) mass is 516 g/mol. The first-order valence-electron chi connectivity index (χ1n) is 11.5. The number of anilines is 1. The predicted octanol–water partition coefficient (Wildman–Crippen LogP) is 5.18. The molecular formula is C26H27Cl2FN4O2. The standard InChI is InChI=1S/C26H27Cl2FN4O2/c1-2-32-10-12-33(13-11-32)26(34)18-5-3-17(4-6-18)19-15-23(25(30)31-16-19)35-14-9-20-21(27)7-8-22(29)24(20)28/h3-8,15-16H,2,9-14H2,1H3,(H2,30,31). The van der Waals surface area contributed by atoms with Crippen molar-refractivity contribution in [3.05, 3.63) is 75.7 Å². The number of carbonyl (C=O) groups is 1. The summed E-state index contributed by atoms with van der Waals surface area (Å²) in [5.74, 6) is 0.157. The maximum Gasteiger partial charge on any atom is 0.253 e. The molecule has 184 valence electrons. The van der Waals surface area contributed by atoms with Crippen LogP contribution in [0.3, 0.4) is 0 Å². The lowest BCUT2D eigenvalue weighted by Crippen LogP contribution is -2.48. The van der Waals surface area contributed by atoms with E-state index in [1.807, 2.05) is 29.2 Å². The SMILES string of the molecule is CCN1CCN(C(=O)c2ccc(-c3cnc(N)c(OCCc4c(Cl)ccc(F)c4Cl)c3)cc2)CC1. The van der Waals surface area contributed by atoms with E-state index in [1.165, 1.54) is 12.1 Å². The molecule has 35 heavy (non-hydrogen) atoms. The molecule has 3 aromatic rings. The molecule has 0 saturated carbocycles. The number of nitrogens with zero attached hydrogens (tertiary/aromatic N) is 3. The quantitative estimate of drug-likeness (QED) is 0.438. The molecule has 4 rings (SSSR count). The Hall–Kier alpha value is -2.87. The topological polar surface area (TPSA) is 71.7 Å². The van der Waals surface area contributed by atoms with Crippen LogP contribution in [-0.2, 0) is 6.42 Å². The van der Waals surface area contributed by atoms with Gasteiger partial charge in [-0.2, -0.15) is 0 Å².